The first-order valence-electron chi connectivity index (χ1n) is 8.71. The molecule has 1 aliphatic rings. The zero-order chi connectivity index (χ0) is 16.9. The number of hydrogen-bond donors (Lipinski definition) is 3. The SMILES string of the molecule is CC(C)CCOc1ccccc1C1CC(c2cccc(N)c2)NN1. The molecule has 2 atom stereocenters. The first-order valence-corrected chi connectivity index (χ1v) is 8.71. The predicted octanol–water partition coefficient (Wildman–Crippen LogP) is 3.97. The van der Waals surface area contributed by atoms with Crippen LogP contribution in [0, 0.1) is 5.92 Å². The molecule has 4 nitrogen and oxygen atoms in total. The molecule has 1 heterocycles. The summed E-state index contributed by atoms with van der Waals surface area (Å²) in [5, 5.41) is 0. The van der Waals surface area contributed by atoms with Crippen molar-refractivity contribution in [3.63, 3.8) is 0 Å². The Morgan fingerprint density at radius 3 is 2.67 bits per heavy atom. The quantitative estimate of drug-likeness (QED) is 0.703. The fourth-order valence-electron chi connectivity index (χ4n) is 3.06. The average Bonchev–Trinajstić information content (AvgIpc) is 3.05. The molecular formula is C20H27N3O. The van der Waals surface area contributed by atoms with E-state index in [1.165, 1.54) is 11.1 Å². The second-order valence-corrected chi connectivity index (χ2v) is 6.87. The number of anilines is 1. The number of para-hydroxylation sites is 1. The lowest BCUT2D eigenvalue weighted by molar-refractivity contribution is 0.284. The first-order chi connectivity index (χ1) is 11.6. The fourth-order valence-corrected chi connectivity index (χ4v) is 3.06. The normalized spacial score (nSPS) is 20.5. The Labute approximate surface area is 144 Å². The number of nitrogens with two attached hydrogens (primary N) is 1. The Morgan fingerprint density at radius 1 is 1.08 bits per heavy atom. The summed E-state index contributed by atoms with van der Waals surface area (Å²) >= 11 is 0. The number of nitrogens with one attached hydrogen (secondary N) is 2. The maximum Gasteiger partial charge on any atom is 0.124 e. The molecule has 0 saturated carbocycles. The van der Waals surface area contributed by atoms with E-state index in [1.807, 2.05) is 24.3 Å². The Kier molecular flexibility index (Phi) is 5.38. The molecule has 0 bridgehead atoms. The van der Waals surface area contributed by atoms with Crippen molar-refractivity contribution in [3.8, 4) is 5.75 Å². The second kappa shape index (κ2) is 7.69. The van der Waals surface area contributed by atoms with E-state index >= 15 is 0 Å². The molecule has 3 rings (SSSR count). The Bertz CT molecular complexity index is 671. The van der Waals surface area contributed by atoms with Crippen LogP contribution in [0.2, 0.25) is 0 Å². The molecule has 2 aromatic carbocycles. The van der Waals surface area contributed by atoms with Crippen molar-refractivity contribution < 1.29 is 4.74 Å². The Balaban J connectivity index is 1.69. The third kappa shape index (κ3) is 4.08. The van der Waals surface area contributed by atoms with Gasteiger partial charge in [-0.25, -0.2) is 10.9 Å². The summed E-state index contributed by atoms with van der Waals surface area (Å²) in [6.07, 6.45) is 2.03. The van der Waals surface area contributed by atoms with Crippen LogP contribution in [-0.2, 0) is 0 Å². The third-order valence-electron chi connectivity index (χ3n) is 4.46. The number of hydrazine groups is 1. The minimum Gasteiger partial charge on any atom is -0.493 e. The minimum absolute atomic E-state index is 0.228. The summed E-state index contributed by atoms with van der Waals surface area (Å²) in [5.74, 6) is 1.63. The van der Waals surface area contributed by atoms with Crippen molar-refractivity contribution in [2.45, 2.75) is 38.8 Å². The summed E-state index contributed by atoms with van der Waals surface area (Å²) in [4.78, 5) is 0. The van der Waals surface area contributed by atoms with Crippen LogP contribution in [0.4, 0.5) is 5.69 Å². The van der Waals surface area contributed by atoms with Crippen LogP contribution in [0.15, 0.2) is 48.5 Å². The first kappa shape index (κ1) is 16.8. The number of nitrogen functional groups attached to an aromatic ring is 1. The van der Waals surface area contributed by atoms with Crippen molar-refractivity contribution >= 4 is 5.69 Å². The monoisotopic (exact) mass is 325 g/mol. The molecule has 1 saturated heterocycles. The number of rotatable bonds is 6. The van der Waals surface area contributed by atoms with Crippen LogP contribution in [0.5, 0.6) is 5.75 Å². The molecule has 0 aliphatic carbocycles. The molecule has 0 amide bonds. The summed E-state index contributed by atoms with van der Waals surface area (Å²) in [5.41, 5.74) is 15.9. The van der Waals surface area contributed by atoms with Gasteiger partial charge in [0.2, 0.25) is 0 Å². The van der Waals surface area contributed by atoms with E-state index in [1.54, 1.807) is 0 Å². The number of hydrogen-bond acceptors (Lipinski definition) is 4. The molecule has 1 fully saturated rings. The molecule has 2 unspecified atom stereocenters. The Hall–Kier alpha value is -2.04. The molecule has 4 N–H and O–H groups in total. The van der Waals surface area contributed by atoms with Crippen molar-refractivity contribution in [1.29, 1.82) is 0 Å². The molecule has 24 heavy (non-hydrogen) atoms. The summed E-state index contributed by atoms with van der Waals surface area (Å²) < 4.78 is 6.03. The van der Waals surface area contributed by atoms with Gasteiger partial charge >= 0.3 is 0 Å². The van der Waals surface area contributed by atoms with E-state index in [0.29, 0.717) is 5.92 Å². The lowest BCUT2D eigenvalue weighted by atomic mass is 9.97. The van der Waals surface area contributed by atoms with Crippen LogP contribution in [0.1, 0.15) is 49.9 Å². The number of benzene rings is 2. The second-order valence-electron chi connectivity index (χ2n) is 6.87. The topological polar surface area (TPSA) is 59.3 Å². The molecule has 0 spiro atoms. The van der Waals surface area contributed by atoms with Gasteiger partial charge in [-0.15, -0.1) is 0 Å². The standard InChI is InChI=1S/C20H27N3O/c1-14(2)10-11-24-20-9-4-3-8-17(20)19-13-18(22-23-19)15-6-5-7-16(21)12-15/h3-9,12,14,18-19,22-23H,10-11,13,21H2,1-2H3. The van der Waals surface area contributed by atoms with Crippen LogP contribution >= 0.6 is 0 Å². The lowest BCUT2D eigenvalue weighted by Gasteiger charge is -2.16. The van der Waals surface area contributed by atoms with Gasteiger partial charge in [0.15, 0.2) is 0 Å². The smallest absolute Gasteiger partial charge is 0.124 e. The van der Waals surface area contributed by atoms with Gasteiger partial charge < -0.3 is 10.5 Å². The average molecular weight is 325 g/mol. The zero-order valence-corrected chi connectivity index (χ0v) is 14.5. The van der Waals surface area contributed by atoms with E-state index in [9.17, 15) is 0 Å². The molecule has 1 aliphatic heterocycles. The van der Waals surface area contributed by atoms with Gasteiger partial charge in [-0.05, 0) is 42.5 Å². The third-order valence-corrected chi connectivity index (χ3v) is 4.46. The van der Waals surface area contributed by atoms with Gasteiger partial charge in [0.05, 0.1) is 12.6 Å². The van der Waals surface area contributed by atoms with Crippen molar-refractivity contribution in [2.75, 3.05) is 12.3 Å². The molecule has 128 valence electrons. The number of ether oxygens (including phenoxy) is 1. The van der Waals surface area contributed by atoms with Crippen molar-refractivity contribution in [1.82, 2.24) is 10.9 Å². The predicted molar refractivity (Wildman–Crippen MR) is 98.6 cm³/mol. The van der Waals surface area contributed by atoms with Gasteiger partial charge in [0.1, 0.15) is 5.75 Å². The zero-order valence-electron chi connectivity index (χ0n) is 14.5. The van der Waals surface area contributed by atoms with Crippen molar-refractivity contribution in [3.05, 3.63) is 59.7 Å². The van der Waals surface area contributed by atoms with E-state index in [0.717, 1.165) is 30.9 Å². The highest BCUT2D eigenvalue weighted by atomic mass is 16.5. The van der Waals surface area contributed by atoms with E-state index in [4.69, 9.17) is 10.5 Å². The van der Waals surface area contributed by atoms with E-state index < -0.39 is 0 Å². The van der Waals surface area contributed by atoms with Gasteiger partial charge in [-0.2, -0.15) is 0 Å². The minimum atomic E-state index is 0.228. The van der Waals surface area contributed by atoms with Crippen LogP contribution in [0.25, 0.3) is 0 Å². The van der Waals surface area contributed by atoms with Crippen LogP contribution in [-0.4, -0.2) is 6.61 Å². The molecule has 4 heteroatoms. The molecule has 0 aromatic heterocycles. The molecule has 0 radical (unpaired) electrons. The van der Waals surface area contributed by atoms with Crippen molar-refractivity contribution in [2.24, 2.45) is 5.92 Å². The van der Waals surface area contributed by atoms with Crippen LogP contribution < -0.4 is 21.3 Å². The highest BCUT2D eigenvalue weighted by molar-refractivity contribution is 5.42. The van der Waals surface area contributed by atoms with Gasteiger partial charge in [-0.3, -0.25) is 0 Å². The molecular weight excluding hydrogens is 298 g/mol. The van der Waals surface area contributed by atoms with Gasteiger partial charge in [0, 0.05) is 17.3 Å². The highest BCUT2D eigenvalue weighted by Crippen LogP contribution is 2.35. The van der Waals surface area contributed by atoms with Crippen LogP contribution in [0.3, 0.4) is 0 Å². The maximum atomic E-state index is 6.03. The summed E-state index contributed by atoms with van der Waals surface area (Å²) in [6, 6.07) is 16.9. The van der Waals surface area contributed by atoms with E-state index in [2.05, 4.69) is 49.0 Å². The summed E-state index contributed by atoms with van der Waals surface area (Å²) in [7, 11) is 0. The fraction of sp³-hybridized carbons (Fsp3) is 0.400. The molecule has 2 aromatic rings. The lowest BCUT2D eigenvalue weighted by Crippen LogP contribution is -2.27. The maximum absolute atomic E-state index is 6.03. The highest BCUT2D eigenvalue weighted by Gasteiger charge is 2.28. The largest absolute Gasteiger partial charge is 0.493 e. The van der Waals surface area contributed by atoms with E-state index in [-0.39, 0.29) is 12.1 Å². The Morgan fingerprint density at radius 2 is 1.88 bits per heavy atom. The van der Waals surface area contributed by atoms with Gasteiger partial charge in [0.25, 0.3) is 0 Å². The summed E-state index contributed by atoms with van der Waals surface area (Å²) in [6.45, 7) is 5.19. The van der Waals surface area contributed by atoms with Gasteiger partial charge in [-0.1, -0.05) is 44.2 Å².